The fourth-order valence-electron chi connectivity index (χ4n) is 4.72. The Kier molecular flexibility index (Phi) is 8.25. The molecule has 0 saturated heterocycles. The molecule has 0 spiro atoms. The molecule has 0 bridgehead atoms. The Hall–Kier alpha value is -3.69. The number of nitrogen functional groups attached to an aromatic ring is 1. The molecule has 10 heteroatoms. The van der Waals surface area contributed by atoms with Gasteiger partial charge in [-0.15, -0.1) is 12.4 Å². The van der Waals surface area contributed by atoms with Crippen molar-refractivity contribution in [2.45, 2.75) is 57.2 Å². The summed E-state index contributed by atoms with van der Waals surface area (Å²) in [7, 11) is 0. The number of para-hydroxylation sites is 1. The molecule has 0 unspecified atom stereocenters. The number of anilines is 1. The Bertz CT molecular complexity index is 1340. The minimum absolute atomic E-state index is 0. The van der Waals surface area contributed by atoms with Crippen molar-refractivity contribution in [2.24, 2.45) is 5.73 Å². The van der Waals surface area contributed by atoms with E-state index in [-0.39, 0.29) is 30.4 Å². The van der Waals surface area contributed by atoms with Crippen molar-refractivity contribution in [1.82, 2.24) is 25.1 Å². The van der Waals surface area contributed by atoms with Crippen LogP contribution >= 0.6 is 12.4 Å². The lowest BCUT2D eigenvalue weighted by atomic mass is 9.91. The standard InChI is InChI=1S/C27H31N7O2.ClH/c1-2-22(28)27(35)32-18-10-12-19(13-11-18)34-26-23(25(29)30-16-31-26)24(33-34)17-8-14-21(15-9-17)36-20-6-4-3-5-7-20;/h3-9,14-16,18-19,22H,2,10-13,28H2,1H3,(H,32,35)(H2,29,30,31);1H/t18?,19?,22-;/m1./s1. The molecule has 1 aliphatic carbocycles. The second kappa shape index (κ2) is 11.6. The maximum atomic E-state index is 12.2. The average Bonchev–Trinajstić information content (AvgIpc) is 3.30. The molecule has 5 rings (SSSR count). The molecule has 2 aromatic heterocycles. The van der Waals surface area contributed by atoms with Gasteiger partial charge in [0.1, 0.15) is 29.3 Å². The van der Waals surface area contributed by atoms with E-state index in [4.69, 9.17) is 21.3 Å². The van der Waals surface area contributed by atoms with Gasteiger partial charge in [0, 0.05) is 11.6 Å². The number of hydrogen-bond donors (Lipinski definition) is 3. The Morgan fingerprint density at radius 3 is 2.41 bits per heavy atom. The van der Waals surface area contributed by atoms with Crippen LogP contribution in [-0.2, 0) is 4.79 Å². The van der Waals surface area contributed by atoms with Crippen LogP contribution < -0.4 is 21.5 Å². The van der Waals surface area contributed by atoms with Gasteiger partial charge in [-0.2, -0.15) is 5.10 Å². The summed E-state index contributed by atoms with van der Waals surface area (Å²) in [6, 6.07) is 17.3. The van der Waals surface area contributed by atoms with Gasteiger partial charge < -0.3 is 21.5 Å². The molecule has 5 N–H and O–H groups in total. The number of rotatable bonds is 7. The largest absolute Gasteiger partial charge is 0.457 e. The minimum atomic E-state index is -0.454. The first-order chi connectivity index (χ1) is 17.5. The molecule has 0 aliphatic heterocycles. The normalized spacial score (nSPS) is 18.1. The van der Waals surface area contributed by atoms with E-state index >= 15 is 0 Å². The molecule has 0 radical (unpaired) electrons. The molecular formula is C27H32ClN7O2. The maximum Gasteiger partial charge on any atom is 0.237 e. The smallest absolute Gasteiger partial charge is 0.237 e. The highest BCUT2D eigenvalue weighted by Crippen LogP contribution is 2.36. The minimum Gasteiger partial charge on any atom is -0.457 e. The molecule has 1 fully saturated rings. The molecule has 37 heavy (non-hydrogen) atoms. The van der Waals surface area contributed by atoms with Crippen LogP contribution in [0.5, 0.6) is 11.5 Å². The van der Waals surface area contributed by atoms with E-state index in [1.165, 1.54) is 6.33 Å². The number of halogens is 1. The molecule has 9 nitrogen and oxygen atoms in total. The number of aromatic nitrogens is 4. The molecular weight excluding hydrogens is 490 g/mol. The van der Waals surface area contributed by atoms with Crippen LogP contribution in [0.1, 0.15) is 45.1 Å². The zero-order valence-electron chi connectivity index (χ0n) is 20.7. The van der Waals surface area contributed by atoms with E-state index in [9.17, 15) is 4.79 Å². The fraction of sp³-hybridized carbons (Fsp3) is 0.333. The predicted molar refractivity (Wildman–Crippen MR) is 147 cm³/mol. The van der Waals surface area contributed by atoms with Crippen molar-refractivity contribution in [3.05, 3.63) is 60.9 Å². The lowest BCUT2D eigenvalue weighted by Crippen LogP contribution is -2.46. The summed E-state index contributed by atoms with van der Waals surface area (Å²) in [4.78, 5) is 21.0. The summed E-state index contributed by atoms with van der Waals surface area (Å²) in [5, 5.41) is 8.81. The van der Waals surface area contributed by atoms with Gasteiger partial charge >= 0.3 is 0 Å². The molecule has 1 amide bonds. The van der Waals surface area contributed by atoms with E-state index in [0.29, 0.717) is 12.2 Å². The third-order valence-electron chi connectivity index (χ3n) is 6.79. The van der Waals surface area contributed by atoms with Crippen LogP contribution in [0.3, 0.4) is 0 Å². The van der Waals surface area contributed by atoms with Gasteiger partial charge in [0.25, 0.3) is 0 Å². The van der Waals surface area contributed by atoms with Crippen molar-refractivity contribution >= 4 is 35.2 Å². The first kappa shape index (κ1) is 26.4. The lowest BCUT2D eigenvalue weighted by Gasteiger charge is -2.30. The second-order valence-corrected chi connectivity index (χ2v) is 9.22. The van der Waals surface area contributed by atoms with Crippen LogP contribution in [0.4, 0.5) is 5.82 Å². The number of nitrogens with one attached hydrogen (secondary N) is 1. The topological polar surface area (TPSA) is 134 Å². The Labute approximate surface area is 222 Å². The maximum absolute atomic E-state index is 12.2. The quantitative estimate of drug-likeness (QED) is 0.323. The SMILES string of the molecule is CC[C@@H](N)C(=O)NC1CCC(n2nc(-c3ccc(Oc4ccccc4)cc3)c3c(N)ncnc32)CC1.Cl. The van der Waals surface area contributed by atoms with Gasteiger partial charge in [0.2, 0.25) is 5.91 Å². The van der Waals surface area contributed by atoms with Gasteiger partial charge in [0.15, 0.2) is 5.65 Å². The second-order valence-electron chi connectivity index (χ2n) is 9.22. The highest BCUT2D eigenvalue weighted by Gasteiger charge is 2.28. The van der Waals surface area contributed by atoms with Crippen molar-refractivity contribution in [2.75, 3.05) is 5.73 Å². The summed E-state index contributed by atoms with van der Waals surface area (Å²) in [6.45, 7) is 1.92. The van der Waals surface area contributed by atoms with Crippen LogP contribution in [0.25, 0.3) is 22.3 Å². The summed E-state index contributed by atoms with van der Waals surface area (Å²) < 4.78 is 7.91. The van der Waals surface area contributed by atoms with E-state index in [1.54, 1.807) is 0 Å². The lowest BCUT2D eigenvalue weighted by molar-refractivity contribution is -0.123. The van der Waals surface area contributed by atoms with Crippen LogP contribution in [0.2, 0.25) is 0 Å². The number of ether oxygens (including phenoxy) is 1. The molecule has 1 saturated carbocycles. The van der Waals surface area contributed by atoms with Gasteiger partial charge in [-0.3, -0.25) is 4.79 Å². The van der Waals surface area contributed by atoms with Crippen molar-refractivity contribution in [1.29, 1.82) is 0 Å². The Balaban J connectivity index is 0.00000320. The van der Waals surface area contributed by atoms with Crippen molar-refractivity contribution in [3.8, 4) is 22.8 Å². The molecule has 1 atom stereocenters. The van der Waals surface area contributed by atoms with Crippen molar-refractivity contribution < 1.29 is 9.53 Å². The number of fused-ring (bicyclic) bond motifs is 1. The Morgan fingerprint density at radius 1 is 1.05 bits per heavy atom. The van der Waals surface area contributed by atoms with E-state index in [1.807, 2.05) is 66.2 Å². The fourth-order valence-corrected chi connectivity index (χ4v) is 4.72. The molecule has 1 aliphatic rings. The van der Waals surface area contributed by atoms with E-state index in [0.717, 1.165) is 59.5 Å². The summed E-state index contributed by atoms with van der Waals surface area (Å²) >= 11 is 0. The third-order valence-corrected chi connectivity index (χ3v) is 6.79. The number of nitrogens with two attached hydrogens (primary N) is 2. The van der Waals surface area contributed by atoms with E-state index < -0.39 is 6.04 Å². The molecule has 2 heterocycles. The third kappa shape index (κ3) is 5.68. The first-order valence-corrected chi connectivity index (χ1v) is 12.4. The van der Waals surface area contributed by atoms with Crippen LogP contribution in [0.15, 0.2) is 60.9 Å². The highest BCUT2D eigenvalue weighted by atomic mass is 35.5. The predicted octanol–water partition coefficient (Wildman–Crippen LogP) is 4.63. The summed E-state index contributed by atoms with van der Waals surface area (Å²) in [5.41, 5.74) is 14.6. The van der Waals surface area contributed by atoms with Gasteiger partial charge in [-0.1, -0.05) is 25.1 Å². The number of carbonyl (C=O) groups excluding carboxylic acids is 1. The van der Waals surface area contributed by atoms with Crippen molar-refractivity contribution in [3.63, 3.8) is 0 Å². The van der Waals surface area contributed by atoms with E-state index in [2.05, 4.69) is 15.3 Å². The van der Waals surface area contributed by atoms with Gasteiger partial charge in [0.05, 0.1) is 17.5 Å². The summed E-state index contributed by atoms with van der Waals surface area (Å²) in [5.74, 6) is 1.84. The monoisotopic (exact) mass is 521 g/mol. The highest BCUT2D eigenvalue weighted by molar-refractivity contribution is 5.98. The molecule has 4 aromatic rings. The summed E-state index contributed by atoms with van der Waals surface area (Å²) in [6.07, 6.45) is 5.57. The number of nitrogens with zero attached hydrogens (tertiary/aromatic N) is 4. The number of carbonyl (C=O) groups is 1. The number of benzene rings is 2. The number of amides is 1. The number of hydrogen-bond acceptors (Lipinski definition) is 7. The average molecular weight is 522 g/mol. The molecule has 2 aromatic carbocycles. The first-order valence-electron chi connectivity index (χ1n) is 12.4. The zero-order valence-corrected chi connectivity index (χ0v) is 21.5. The van der Waals surface area contributed by atoms with Gasteiger partial charge in [-0.05, 0) is 68.5 Å². The van der Waals surface area contributed by atoms with Crippen LogP contribution in [-0.4, -0.2) is 37.7 Å². The van der Waals surface area contributed by atoms with Crippen LogP contribution in [0, 0.1) is 0 Å². The molecule has 194 valence electrons. The van der Waals surface area contributed by atoms with Gasteiger partial charge in [-0.25, -0.2) is 14.6 Å². The Morgan fingerprint density at radius 2 is 1.73 bits per heavy atom. The zero-order chi connectivity index (χ0) is 25.1.